The number of hydrogen-bond donors (Lipinski definition) is 1. The van der Waals surface area contributed by atoms with Crippen LogP contribution in [-0.4, -0.2) is 42.9 Å². The van der Waals surface area contributed by atoms with Crippen molar-refractivity contribution in [2.45, 2.75) is 6.42 Å². The van der Waals surface area contributed by atoms with Crippen molar-refractivity contribution in [2.75, 3.05) is 32.8 Å². The third kappa shape index (κ3) is 6.05. The lowest BCUT2D eigenvalue weighted by molar-refractivity contribution is 0.195. The standard InChI is InChI=1S/C14H20ClNO2/c1-2-8-16(10-11-17)9-3-12-18-14-6-4-13(15)5-7-14/h2,4-7,17H,1,3,8-12H2. The van der Waals surface area contributed by atoms with Crippen LogP contribution in [0.3, 0.4) is 0 Å². The molecule has 3 nitrogen and oxygen atoms in total. The number of halogens is 1. The van der Waals surface area contributed by atoms with Gasteiger partial charge < -0.3 is 9.84 Å². The summed E-state index contributed by atoms with van der Waals surface area (Å²) in [7, 11) is 0. The molecule has 1 aromatic carbocycles. The SMILES string of the molecule is C=CCN(CCO)CCCOc1ccc(Cl)cc1. The highest BCUT2D eigenvalue weighted by Gasteiger charge is 2.01. The Morgan fingerprint density at radius 3 is 2.61 bits per heavy atom. The van der Waals surface area contributed by atoms with Gasteiger partial charge in [0.25, 0.3) is 0 Å². The van der Waals surface area contributed by atoms with Gasteiger partial charge in [-0.1, -0.05) is 17.7 Å². The number of rotatable bonds is 9. The average Bonchev–Trinajstić information content (AvgIpc) is 2.37. The van der Waals surface area contributed by atoms with Gasteiger partial charge in [0.15, 0.2) is 0 Å². The van der Waals surface area contributed by atoms with Gasteiger partial charge in [0.1, 0.15) is 5.75 Å². The molecular formula is C14H20ClNO2. The van der Waals surface area contributed by atoms with Crippen molar-refractivity contribution in [1.29, 1.82) is 0 Å². The van der Waals surface area contributed by atoms with E-state index in [2.05, 4.69) is 11.5 Å². The van der Waals surface area contributed by atoms with Crippen LogP contribution in [0.25, 0.3) is 0 Å². The first-order chi connectivity index (χ1) is 8.76. The third-order valence-electron chi connectivity index (χ3n) is 2.50. The van der Waals surface area contributed by atoms with E-state index in [1.165, 1.54) is 0 Å². The molecule has 0 aliphatic rings. The monoisotopic (exact) mass is 269 g/mol. The predicted octanol–water partition coefficient (Wildman–Crippen LogP) is 2.59. The summed E-state index contributed by atoms with van der Waals surface area (Å²) in [5.41, 5.74) is 0. The van der Waals surface area contributed by atoms with E-state index in [1.807, 2.05) is 30.3 Å². The first-order valence-electron chi connectivity index (χ1n) is 6.08. The Bertz CT molecular complexity index is 340. The molecule has 0 aromatic heterocycles. The first kappa shape index (κ1) is 15.0. The number of aliphatic hydroxyl groups is 1. The van der Waals surface area contributed by atoms with Crippen molar-refractivity contribution in [1.82, 2.24) is 4.90 Å². The van der Waals surface area contributed by atoms with Gasteiger partial charge in [-0.15, -0.1) is 6.58 Å². The molecule has 0 saturated carbocycles. The highest BCUT2D eigenvalue weighted by atomic mass is 35.5. The fourth-order valence-corrected chi connectivity index (χ4v) is 1.75. The zero-order valence-corrected chi connectivity index (χ0v) is 11.3. The Balaban J connectivity index is 2.20. The fourth-order valence-electron chi connectivity index (χ4n) is 1.63. The Labute approximate surface area is 114 Å². The van der Waals surface area contributed by atoms with Crippen LogP contribution >= 0.6 is 11.6 Å². The van der Waals surface area contributed by atoms with Crippen LogP contribution in [0.2, 0.25) is 5.02 Å². The van der Waals surface area contributed by atoms with E-state index < -0.39 is 0 Å². The van der Waals surface area contributed by atoms with E-state index in [9.17, 15) is 0 Å². The lowest BCUT2D eigenvalue weighted by Gasteiger charge is -2.19. The number of nitrogens with zero attached hydrogens (tertiary/aromatic N) is 1. The normalized spacial score (nSPS) is 10.6. The maximum atomic E-state index is 8.90. The highest BCUT2D eigenvalue weighted by Crippen LogP contribution is 2.15. The van der Waals surface area contributed by atoms with Crippen LogP contribution < -0.4 is 4.74 Å². The molecule has 0 radical (unpaired) electrons. The van der Waals surface area contributed by atoms with E-state index in [0.29, 0.717) is 18.2 Å². The van der Waals surface area contributed by atoms with E-state index in [1.54, 1.807) is 0 Å². The summed E-state index contributed by atoms with van der Waals surface area (Å²) in [5, 5.41) is 9.61. The molecule has 1 rings (SSSR count). The largest absolute Gasteiger partial charge is 0.494 e. The summed E-state index contributed by atoms with van der Waals surface area (Å²) in [5.74, 6) is 0.830. The number of hydrogen-bond acceptors (Lipinski definition) is 3. The molecule has 0 saturated heterocycles. The molecule has 1 N–H and O–H groups in total. The van der Waals surface area contributed by atoms with Crippen LogP contribution in [0, 0.1) is 0 Å². The van der Waals surface area contributed by atoms with Gasteiger partial charge in [-0.2, -0.15) is 0 Å². The Hall–Kier alpha value is -1.03. The Kier molecular flexibility index (Phi) is 7.49. The lowest BCUT2D eigenvalue weighted by Crippen LogP contribution is -2.29. The zero-order valence-electron chi connectivity index (χ0n) is 10.5. The predicted molar refractivity (Wildman–Crippen MR) is 75.3 cm³/mol. The van der Waals surface area contributed by atoms with Crippen molar-refractivity contribution in [3.05, 3.63) is 41.9 Å². The number of ether oxygens (including phenoxy) is 1. The summed E-state index contributed by atoms with van der Waals surface area (Å²) in [6, 6.07) is 7.34. The third-order valence-corrected chi connectivity index (χ3v) is 2.76. The minimum absolute atomic E-state index is 0.173. The molecule has 0 fully saturated rings. The molecule has 0 aliphatic heterocycles. The van der Waals surface area contributed by atoms with Crippen LogP contribution in [0.4, 0.5) is 0 Å². The topological polar surface area (TPSA) is 32.7 Å². The maximum absolute atomic E-state index is 8.90. The van der Waals surface area contributed by atoms with E-state index in [4.69, 9.17) is 21.4 Å². The van der Waals surface area contributed by atoms with Gasteiger partial charge in [-0.25, -0.2) is 0 Å². The molecule has 0 bridgehead atoms. The Morgan fingerprint density at radius 2 is 2.00 bits per heavy atom. The van der Waals surface area contributed by atoms with E-state index in [-0.39, 0.29) is 6.61 Å². The van der Waals surface area contributed by atoms with Crippen LogP contribution in [0.5, 0.6) is 5.75 Å². The molecule has 18 heavy (non-hydrogen) atoms. The first-order valence-corrected chi connectivity index (χ1v) is 6.46. The molecule has 4 heteroatoms. The van der Waals surface area contributed by atoms with Gasteiger partial charge in [0.05, 0.1) is 13.2 Å². The summed E-state index contributed by atoms with van der Waals surface area (Å²) in [4.78, 5) is 2.14. The minimum Gasteiger partial charge on any atom is -0.494 e. The average molecular weight is 270 g/mol. The lowest BCUT2D eigenvalue weighted by atomic mass is 10.3. The van der Waals surface area contributed by atoms with Crippen molar-refractivity contribution in [3.63, 3.8) is 0 Å². The van der Waals surface area contributed by atoms with Crippen LogP contribution in [0.1, 0.15) is 6.42 Å². The zero-order chi connectivity index (χ0) is 13.2. The maximum Gasteiger partial charge on any atom is 0.119 e. The molecule has 0 heterocycles. The van der Waals surface area contributed by atoms with E-state index in [0.717, 1.165) is 25.3 Å². The smallest absolute Gasteiger partial charge is 0.119 e. The number of benzene rings is 1. The molecule has 100 valence electrons. The van der Waals surface area contributed by atoms with Crippen molar-refractivity contribution < 1.29 is 9.84 Å². The van der Waals surface area contributed by atoms with E-state index >= 15 is 0 Å². The second-order valence-corrected chi connectivity index (χ2v) is 4.41. The van der Waals surface area contributed by atoms with Gasteiger partial charge in [-0.05, 0) is 30.7 Å². The van der Waals surface area contributed by atoms with Crippen molar-refractivity contribution in [2.24, 2.45) is 0 Å². The fraction of sp³-hybridized carbons (Fsp3) is 0.429. The molecule has 0 unspecified atom stereocenters. The summed E-state index contributed by atoms with van der Waals surface area (Å²) in [6.07, 6.45) is 2.76. The van der Waals surface area contributed by atoms with Gasteiger partial charge in [0.2, 0.25) is 0 Å². The van der Waals surface area contributed by atoms with Gasteiger partial charge >= 0.3 is 0 Å². The summed E-state index contributed by atoms with van der Waals surface area (Å²) in [6.45, 7) is 6.88. The van der Waals surface area contributed by atoms with Crippen LogP contribution in [0.15, 0.2) is 36.9 Å². The molecule has 0 amide bonds. The molecule has 1 aromatic rings. The van der Waals surface area contributed by atoms with Gasteiger partial charge in [-0.3, -0.25) is 4.90 Å². The summed E-state index contributed by atoms with van der Waals surface area (Å²) >= 11 is 5.79. The molecule has 0 atom stereocenters. The quantitative estimate of drug-likeness (QED) is 0.553. The minimum atomic E-state index is 0.173. The number of aliphatic hydroxyl groups excluding tert-OH is 1. The molecular weight excluding hydrogens is 250 g/mol. The van der Waals surface area contributed by atoms with Crippen LogP contribution in [-0.2, 0) is 0 Å². The summed E-state index contributed by atoms with van der Waals surface area (Å²) < 4.78 is 5.59. The van der Waals surface area contributed by atoms with Crippen molar-refractivity contribution >= 4 is 11.6 Å². The second-order valence-electron chi connectivity index (χ2n) is 3.97. The second kappa shape index (κ2) is 8.97. The van der Waals surface area contributed by atoms with Crippen molar-refractivity contribution in [3.8, 4) is 5.75 Å². The van der Waals surface area contributed by atoms with Gasteiger partial charge in [0, 0.05) is 24.7 Å². The molecule has 0 spiro atoms. The molecule has 0 aliphatic carbocycles. The highest BCUT2D eigenvalue weighted by molar-refractivity contribution is 6.30. The Morgan fingerprint density at radius 1 is 1.28 bits per heavy atom.